The van der Waals surface area contributed by atoms with Crippen LogP contribution in [0.5, 0.6) is 0 Å². The number of benzene rings is 1. The van der Waals surface area contributed by atoms with Crippen LogP contribution in [-0.4, -0.2) is 25.3 Å². The van der Waals surface area contributed by atoms with Gasteiger partial charge in [0.25, 0.3) is 0 Å². The molecule has 0 bridgehead atoms. The topological polar surface area (TPSA) is 21.3 Å². The molecule has 0 aromatic heterocycles. The lowest BCUT2D eigenvalue weighted by Gasteiger charge is -2.12. The zero-order valence-corrected chi connectivity index (χ0v) is 11.2. The van der Waals surface area contributed by atoms with Crippen molar-refractivity contribution in [3.05, 3.63) is 35.1 Å². The SMILES string of the molecule is Cc1cc(F)ccc1CCNCC1CCC(C)O1. The van der Waals surface area contributed by atoms with Crippen molar-refractivity contribution in [2.24, 2.45) is 0 Å². The molecule has 2 rings (SSSR count). The molecule has 1 saturated heterocycles. The molecule has 1 fully saturated rings. The Hall–Kier alpha value is -0.930. The van der Waals surface area contributed by atoms with E-state index >= 15 is 0 Å². The highest BCUT2D eigenvalue weighted by Crippen LogP contribution is 2.18. The average molecular weight is 251 g/mol. The van der Waals surface area contributed by atoms with Crippen LogP contribution in [0.3, 0.4) is 0 Å². The Morgan fingerprint density at radius 2 is 2.22 bits per heavy atom. The first kappa shape index (κ1) is 13.5. The summed E-state index contributed by atoms with van der Waals surface area (Å²) < 4.78 is 18.7. The third-order valence-electron chi connectivity index (χ3n) is 3.57. The molecule has 1 aromatic carbocycles. The predicted molar refractivity (Wildman–Crippen MR) is 71.3 cm³/mol. The molecule has 1 aromatic rings. The van der Waals surface area contributed by atoms with Gasteiger partial charge < -0.3 is 10.1 Å². The molecular weight excluding hydrogens is 229 g/mol. The zero-order chi connectivity index (χ0) is 13.0. The summed E-state index contributed by atoms with van der Waals surface area (Å²) in [7, 11) is 0. The van der Waals surface area contributed by atoms with Crippen LogP contribution in [0.15, 0.2) is 18.2 Å². The fourth-order valence-electron chi connectivity index (χ4n) is 2.46. The molecule has 0 amide bonds. The van der Waals surface area contributed by atoms with Crippen LogP contribution in [0.25, 0.3) is 0 Å². The van der Waals surface area contributed by atoms with Gasteiger partial charge in [0, 0.05) is 6.54 Å². The summed E-state index contributed by atoms with van der Waals surface area (Å²) >= 11 is 0. The van der Waals surface area contributed by atoms with Gasteiger partial charge in [-0.05, 0) is 62.9 Å². The summed E-state index contributed by atoms with van der Waals surface area (Å²) in [4.78, 5) is 0. The summed E-state index contributed by atoms with van der Waals surface area (Å²) in [6.07, 6.45) is 4.05. The lowest BCUT2D eigenvalue weighted by molar-refractivity contribution is 0.0562. The Morgan fingerprint density at radius 1 is 1.39 bits per heavy atom. The van der Waals surface area contributed by atoms with E-state index in [1.54, 1.807) is 6.07 Å². The second-order valence-corrected chi connectivity index (χ2v) is 5.17. The van der Waals surface area contributed by atoms with Crippen molar-refractivity contribution in [1.29, 1.82) is 0 Å². The molecule has 3 heteroatoms. The molecule has 2 atom stereocenters. The van der Waals surface area contributed by atoms with Crippen molar-refractivity contribution in [2.75, 3.05) is 13.1 Å². The monoisotopic (exact) mass is 251 g/mol. The Morgan fingerprint density at radius 3 is 2.89 bits per heavy atom. The van der Waals surface area contributed by atoms with Crippen molar-refractivity contribution < 1.29 is 9.13 Å². The van der Waals surface area contributed by atoms with Crippen molar-refractivity contribution in [3.8, 4) is 0 Å². The van der Waals surface area contributed by atoms with Gasteiger partial charge in [-0.1, -0.05) is 6.07 Å². The number of aryl methyl sites for hydroxylation is 1. The molecule has 0 spiro atoms. The van der Waals surface area contributed by atoms with Crippen LogP contribution in [0, 0.1) is 12.7 Å². The molecule has 0 saturated carbocycles. The van der Waals surface area contributed by atoms with E-state index in [1.165, 1.54) is 18.1 Å². The van der Waals surface area contributed by atoms with Crippen LogP contribution in [0.1, 0.15) is 30.9 Å². The molecule has 2 nitrogen and oxygen atoms in total. The summed E-state index contributed by atoms with van der Waals surface area (Å²) in [5, 5.41) is 3.42. The molecule has 1 heterocycles. The molecule has 100 valence electrons. The molecular formula is C15H22FNO. The third-order valence-corrected chi connectivity index (χ3v) is 3.57. The first-order chi connectivity index (χ1) is 8.65. The van der Waals surface area contributed by atoms with Crippen molar-refractivity contribution >= 4 is 0 Å². The molecule has 1 aliphatic rings. The first-order valence-corrected chi connectivity index (χ1v) is 6.76. The normalized spacial score (nSPS) is 23.5. The number of halogens is 1. The summed E-state index contributed by atoms with van der Waals surface area (Å²) in [5.41, 5.74) is 2.24. The second-order valence-electron chi connectivity index (χ2n) is 5.17. The number of hydrogen-bond donors (Lipinski definition) is 1. The Bertz CT molecular complexity index is 394. The first-order valence-electron chi connectivity index (χ1n) is 6.76. The van der Waals surface area contributed by atoms with Crippen LogP contribution in [0.2, 0.25) is 0 Å². The smallest absolute Gasteiger partial charge is 0.123 e. The van der Waals surface area contributed by atoms with Crippen molar-refractivity contribution in [2.45, 2.75) is 45.3 Å². The van der Waals surface area contributed by atoms with Gasteiger partial charge in [0.1, 0.15) is 5.82 Å². The van der Waals surface area contributed by atoms with Gasteiger partial charge in [-0.25, -0.2) is 4.39 Å². The Balaban J connectivity index is 1.69. The molecule has 1 aliphatic heterocycles. The molecule has 0 radical (unpaired) electrons. The standard InChI is InChI=1S/C15H22FNO/c1-11-9-14(16)5-4-13(11)7-8-17-10-15-6-3-12(2)18-15/h4-5,9,12,15,17H,3,6-8,10H2,1-2H3. The number of hydrogen-bond acceptors (Lipinski definition) is 2. The number of ether oxygens (including phenoxy) is 1. The van der Waals surface area contributed by atoms with E-state index in [2.05, 4.69) is 12.2 Å². The lowest BCUT2D eigenvalue weighted by atomic mass is 10.1. The van der Waals surface area contributed by atoms with Crippen LogP contribution >= 0.6 is 0 Å². The van der Waals surface area contributed by atoms with Gasteiger partial charge in [0.05, 0.1) is 12.2 Å². The Kier molecular flexibility index (Phi) is 4.72. The molecule has 0 aliphatic carbocycles. The minimum absolute atomic E-state index is 0.155. The average Bonchev–Trinajstić information content (AvgIpc) is 2.73. The second kappa shape index (κ2) is 6.30. The maximum Gasteiger partial charge on any atom is 0.123 e. The van der Waals surface area contributed by atoms with Gasteiger partial charge in [0.2, 0.25) is 0 Å². The van der Waals surface area contributed by atoms with Gasteiger partial charge >= 0.3 is 0 Å². The summed E-state index contributed by atoms with van der Waals surface area (Å²) in [6.45, 7) is 5.92. The van der Waals surface area contributed by atoms with E-state index in [0.717, 1.165) is 31.5 Å². The highest BCUT2D eigenvalue weighted by molar-refractivity contribution is 5.26. The third kappa shape index (κ3) is 3.79. The van der Waals surface area contributed by atoms with E-state index in [9.17, 15) is 4.39 Å². The van der Waals surface area contributed by atoms with E-state index in [0.29, 0.717) is 12.2 Å². The molecule has 18 heavy (non-hydrogen) atoms. The van der Waals surface area contributed by atoms with E-state index < -0.39 is 0 Å². The highest BCUT2D eigenvalue weighted by Gasteiger charge is 2.20. The number of rotatable bonds is 5. The number of nitrogens with one attached hydrogen (secondary N) is 1. The minimum Gasteiger partial charge on any atom is -0.374 e. The van der Waals surface area contributed by atoms with Gasteiger partial charge in [0.15, 0.2) is 0 Å². The molecule has 1 N–H and O–H groups in total. The minimum atomic E-state index is -0.155. The predicted octanol–water partition coefficient (Wildman–Crippen LogP) is 2.83. The fourth-order valence-corrected chi connectivity index (χ4v) is 2.46. The van der Waals surface area contributed by atoms with Crippen LogP contribution in [-0.2, 0) is 11.2 Å². The van der Waals surface area contributed by atoms with E-state index in [1.807, 2.05) is 13.0 Å². The van der Waals surface area contributed by atoms with Gasteiger partial charge in [-0.15, -0.1) is 0 Å². The van der Waals surface area contributed by atoms with Gasteiger partial charge in [-0.3, -0.25) is 0 Å². The Labute approximate surface area is 109 Å². The fraction of sp³-hybridized carbons (Fsp3) is 0.600. The summed E-state index contributed by atoms with van der Waals surface area (Å²) in [5.74, 6) is -0.155. The van der Waals surface area contributed by atoms with Crippen LogP contribution in [0.4, 0.5) is 4.39 Å². The van der Waals surface area contributed by atoms with Gasteiger partial charge in [-0.2, -0.15) is 0 Å². The largest absolute Gasteiger partial charge is 0.374 e. The quantitative estimate of drug-likeness (QED) is 0.813. The van der Waals surface area contributed by atoms with Crippen molar-refractivity contribution in [1.82, 2.24) is 5.32 Å². The van der Waals surface area contributed by atoms with Crippen molar-refractivity contribution in [3.63, 3.8) is 0 Å². The van der Waals surface area contributed by atoms with E-state index in [-0.39, 0.29) is 5.82 Å². The summed E-state index contributed by atoms with van der Waals surface area (Å²) in [6, 6.07) is 5.00. The van der Waals surface area contributed by atoms with Crippen LogP contribution < -0.4 is 5.32 Å². The lowest BCUT2D eigenvalue weighted by Crippen LogP contribution is -2.28. The maximum absolute atomic E-state index is 12.9. The molecule has 2 unspecified atom stereocenters. The van der Waals surface area contributed by atoms with E-state index in [4.69, 9.17) is 4.74 Å². The zero-order valence-electron chi connectivity index (χ0n) is 11.2. The maximum atomic E-state index is 12.9. The highest BCUT2D eigenvalue weighted by atomic mass is 19.1.